The first-order valence-corrected chi connectivity index (χ1v) is 6.07. The van der Waals surface area contributed by atoms with Crippen LogP contribution in [-0.2, 0) is 9.47 Å². The molecule has 0 heterocycles. The first kappa shape index (κ1) is 15.9. The van der Waals surface area contributed by atoms with E-state index in [2.05, 4.69) is 10.6 Å². The lowest BCUT2D eigenvalue weighted by atomic mass is 10.3. The number of nitrogens with one attached hydrogen (secondary N) is 2. The van der Waals surface area contributed by atoms with Gasteiger partial charge in [0.1, 0.15) is 0 Å². The number of urea groups is 1. The van der Waals surface area contributed by atoms with Crippen molar-refractivity contribution in [2.24, 2.45) is 0 Å². The van der Waals surface area contributed by atoms with Crippen LogP contribution in [0.25, 0.3) is 0 Å². The summed E-state index contributed by atoms with van der Waals surface area (Å²) in [6, 6.07) is -0.248. The summed E-state index contributed by atoms with van der Waals surface area (Å²) < 4.78 is 10.6. The first-order valence-electron chi connectivity index (χ1n) is 6.07. The Balaban J connectivity index is 3.87. The molecule has 0 rings (SSSR count). The van der Waals surface area contributed by atoms with E-state index < -0.39 is 0 Å². The fourth-order valence-electron chi connectivity index (χ4n) is 1.06. The molecule has 5 nitrogen and oxygen atoms in total. The minimum absolute atomic E-state index is 0.248. The van der Waals surface area contributed by atoms with E-state index in [4.69, 9.17) is 9.47 Å². The van der Waals surface area contributed by atoms with E-state index in [0.717, 1.165) is 12.0 Å². The van der Waals surface area contributed by atoms with Gasteiger partial charge in [0.2, 0.25) is 0 Å². The molecule has 0 aliphatic heterocycles. The molecule has 0 fully saturated rings. The molecule has 0 aliphatic carbocycles. The average molecular weight is 244 g/mol. The Bertz CT molecular complexity index is 236. The second kappa shape index (κ2) is 10.1. The smallest absolute Gasteiger partial charge is 0.318 e. The predicted molar refractivity (Wildman–Crippen MR) is 67.6 cm³/mol. The minimum Gasteiger partial charge on any atom is -0.351 e. The molecule has 17 heavy (non-hydrogen) atoms. The van der Waals surface area contributed by atoms with Gasteiger partial charge < -0.3 is 20.1 Å². The lowest BCUT2D eigenvalue weighted by Gasteiger charge is -2.17. The zero-order chi connectivity index (χ0) is 13.1. The van der Waals surface area contributed by atoms with Crippen LogP contribution in [0.1, 0.15) is 34.1 Å². The molecule has 0 saturated carbocycles. The average Bonchev–Trinajstić information content (AvgIpc) is 2.33. The fraction of sp³-hybridized carbons (Fsp3) is 0.750. The van der Waals surface area contributed by atoms with Crippen LogP contribution < -0.4 is 10.6 Å². The lowest BCUT2D eigenvalue weighted by molar-refractivity contribution is -0.131. The molecule has 0 aromatic heterocycles. The van der Waals surface area contributed by atoms with Gasteiger partial charge in [0.15, 0.2) is 6.29 Å². The maximum atomic E-state index is 11.4. The normalized spacial score (nSPS) is 11.7. The van der Waals surface area contributed by atoms with E-state index in [1.54, 1.807) is 6.20 Å². The van der Waals surface area contributed by atoms with Gasteiger partial charge in [-0.25, -0.2) is 4.79 Å². The van der Waals surface area contributed by atoms with E-state index in [0.29, 0.717) is 19.8 Å². The highest BCUT2D eigenvalue weighted by atomic mass is 16.7. The third-order valence-corrected chi connectivity index (χ3v) is 2.14. The molecule has 2 N–H and O–H groups in total. The number of ether oxygens (including phenoxy) is 2. The highest BCUT2D eigenvalue weighted by Gasteiger charge is 2.08. The van der Waals surface area contributed by atoms with Crippen molar-refractivity contribution in [1.29, 1.82) is 0 Å². The van der Waals surface area contributed by atoms with Crippen molar-refractivity contribution in [3.8, 4) is 0 Å². The summed E-state index contributed by atoms with van der Waals surface area (Å²) in [4.78, 5) is 11.4. The number of carbonyl (C=O) groups excluding carboxylic acids is 1. The molecule has 0 atom stereocenters. The first-order chi connectivity index (χ1) is 8.13. The van der Waals surface area contributed by atoms with Gasteiger partial charge in [-0.2, -0.15) is 0 Å². The van der Waals surface area contributed by atoms with Crippen LogP contribution in [0, 0.1) is 0 Å². The SMILES string of the molecule is CCOC(CNC(=O)N/C=C(\C)CC)OCC. The fourth-order valence-corrected chi connectivity index (χ4v) is 1.06. The van der Waals surface area contributed by atoms with Crippen LogP contribution in [-0.4, -0.2) is 32.1 Å². The molecule has 5 heteroatoms. The van der Waals surface area contributed by atoms with Crippen LogP contribution in [0.5, 0.6) is 0 Å². The zero-order valence-electron chi connectivity index (χ0n) is 11.2. The Hall–Kier alpha value is -1.07. The van der Waals surface area contributed by atoms with Crippen LogP contribution >= 0.6 is 0 Å². The Kier molecular flexibility index (Phi) is 9.47. The largest absolute Gasteiger partial charge is 0.351 e. The lowest BCUT2D eigenvalue weighted by Crippen LogP contribution is -2.39. The number of carbonyl (C=O) groups is 1. The van der Waals surface area contributed by atoms with Crippen molar-refractivity contribution < 1.29 is 14.3 Å². The van der Waals surface area contributed by atoms with E-state index in [1.165, 1.54) is 0 Å². The zero-order valence-corrected chi connectivity index (χ0v) is 11.2. The van der Waals surface area contributed by atoms with Crippen LogP contribution in [0.4, 0.5) is 4.79 Å². The third kappa shape index (κ3) is 8.71. The molecule has 0 bridgehead atoms. The summed E-state index contributed by atoms with van der Waals surface area (Å²) in [5.41, 5.74) is 1.12. The number of allylic oxidation sites excluding steroid dienone is 1. The second-order valence-corrected chi connectivity index (χ2v) is 3.54. The minimum atomic E-state index is -0.382. The van der Waals surface area contributed by atoms with Gasteiger partial charge in [-0.3, -0.25) is 0 Å². The highest BCUT2D eigenvalue weighted by molar-refractivity contribution is 5.74. The Labute approximate surface area is 104 Å². The summed E-state index contributed by atoms with van der Waals surface area (Å²) in [6.07, 6.45) is 2.24. The van der Waals surface area contributed by atoms with Gasteiger partial charge >= 0.3 is 6.03 Å². The quantitative estimate of drug-likeness (QED) is 0.642. The van der Waals surface area contributed by atoms with Gasteiger partial charge in [0, 0.05) is 19.4 Å². The molecule has 0 saturated heterocycles. The van der Waals surface area contributed by atoms with E-state index in [9.17, 15) is 4.79 Å². The molecule has 0 unspecified atom stereocenters. The molecule has 2 amide bonds. The molecule has 100 valence electrons. The Morgan fingerprint density at radius 3 is 2.29 bits per heavy atom. The topological polar surface area (TPSA) is 59.6 Å². The molecular weight excluding hydrogens is 220 g/mol. The van der Waals surface area contributed by atoms with Gasteiger partial charge in [-0.1, -0.05) is 12.5 Å². The summed E-state index contributed by atoms with van der Waals surface area (Å²) >= 11 is 0. The molecule has 0 aromatic rings. The summed E-state index contributed by atoms with van der Waals surface area (Å²) in [6.45, 7) is 9.23. The third-order valence-electron chi connectivity index (χ3n) is 2.14. The molecule has 0 aliphatic rings. The van der Waals surface area contributed by atoms with Gasteiger partial charge in [0.05, 0.1) is 6.54 Å². The van der Waals surface area contributed by atoms with Crippen LogP contribution in [0.3, 0.4) is 0 Å². The molecular formula is C12H24N2O3. The maximum Gasteiger partial charge on any atom is 0.318 e. The van der Waals surface area contributed by atoms with Crippen LogP contribution in [0.15, 0.2) is 11.8 Å². The molecule has 0 radical (unpaired) electrons. The van der Waals surface area contributed by atoms with Crippen molar-refractivity contribution in [3.63, 3.8) is 0 Å². The van der Waals surface area contributed by atoms with Crippen LogP contribution in [0.2, 0.25) is 0 Å². The van der Waals surface area contributed by atoms with E-state index in [-0.39, 0.29) is 12.3 Å². The molecule has 0 spiro atoms. The summed E-state index contributed by atoms with van der Waals surface area (Å²) in [7, 11) is 0. The van der Waals surface area contributed by atoms with Gasteiger partial charge in [-0.15, -0.1) is 0 Å². The second-order valence-electron chi connectivity index (χ2n) is 3.54. The molecule has 0 aromatic carbocycles. The van der Waals surface area contributed by atoms with Gasteiger partial charge in [-0.05, 0) is 27.2 Å². The number of amides is 2. The van der Waals surface area contributed by atoms with Gasteiger partial charge in [0.25, 0.3) is 0 Å². The van der Waals surface area contributed by atoms with E-state index in [1.807, 2.05) is 27.7 Å². The number of hydrogen-bond acceptors (Lipinski definition) is 3. The predicted octanol–water partition coefficient (Wildman–Crippen LogP) is 2.00. The Morgan fingerprint density at radius 1 is 1.24 bits per heavy atom. The van der Waals surface area contributed by atoms with Crippen molar-refractivity contribution in [2.75, 3.05) is 19.8 Å². The summed E-state index contributed by atoms with van der Waals surface area (Å²) in [5, 5.41) is 5.34. The van der Waals surface area contributed by atoms with Crippen molar-refractivity contribution in [1.82, 2.24) is 10.6 Å². The number of hydrogen-bond donors (Lipinski definition) is 2. The number of rotatable bonds is 8. The maximum absolute atomic E-state index is 11.4. The van der Waals surface area contributed by atoms with Crippen molar-refractivity contribution in [3.05, 3.63) is 11.8 Å². The highest BCUT2D eigenvalue weighted by Crippen LogP contribution is 1.95. The van der Waals surface area contributed by atoms with Crippen molar-refractivity contribution >= 4 is 6.03 Å². The standard InChI is InChI=1S/C12H24N2O3/c1-5-10(4)8-13-12(15)14-9-11(16-6-2)17-7-3/h8,11H,5-7,9H2,1-4H3,(H2,13,14,15)/b10-8+. The van der Waals surface area contributed by atoms with E-state index >= 15 is 0 Å². The van der Waals surface area contributed by atoms with Crippen molar-refractivity contribution in [2.45, 2.75) is 40.4 Å². The monoisotopic (exact) mass is 244 g/mol. The summed E-state index contributed by atoms with van der Waals surface area (Å²) in [5.74, 6) is 0. The Morgan fingerprint density at radius 2 is 1.82 bits per heavy atom.